The maximum absolute atomic E-state index is 9.62. The zero-order valence-corrected chi connectivity index (χ0v) is 13.3. The molecule has 1 aliphatic heterocycles. The fourth-order valence-corrected chi connectivity index (χ4v) is 2.35. The number of aliphatic imine (C=N–C) groups is 1. The third kappa shape index (κ3) is 4.80. The number of nitrogens with zero attached hydrogens (tertiary/aromatic N) is 2. The molecule has 0 spiro atoms. The number of aliphatic hydroxyl groups excluding tert-OH is 1. The highest BCUT2D eigenvalue weighted by atomic mass is 16.5. The molecule has 2 N–H and O–H groups in total. The summed E-state index contributed by atoms with van der Waals surface area (Å²) in [6.07, 6.45) is 0.548. The summed E-state index contributed by atoms with van der Waals surface area (Å²) in [6.45, 7) is 5.41. The zero-order valence-electron chi connectivity index (χ0n) is 13.3. The van der Waals surface area contributed by atoms with Gasteiger partial charge in [-0.3, -0.25) is 0 Å². The lowest BCUT2D eigenvalue weighted by molar-refractivity contribution is 0.187. The first-order valence-corrected chi connectivity index (χ1v) is 7.71. The molecule has 6 nitrogen and oxygen atoms in total. The van der Waals surface area contributed by atoms with Crippen LogP contribution in [0.5, 0.6) is 11.5 Å². The summed E-state index contributed by atoms with van der Waals surface area (Å²) in [5.74, 6) is 2.46. The summed E-state index contributed by atoms with van der Waals surface area (Å²) in [4.78, 5) is 6.63. The monoisotopic (exact) mass is 307 g/mol. The van der Waals surface area contributed by atoms with Crippen molar-refractivity contribution in [3.05, 3.63) is 24.3 Å². The van der Waals surface area contributed by atoms with E-state index >= 15 is 0 Å². The Morgan fingerprint density at radius 2 is 2.09 bits per heavy atom. The summed E-state index contributed by atoms with van der Waals surface area (Å²) in [7, 11) is 1.64. The molecule has 0 radical (unpaired) electrons. The van der Waals surface area contributed by atoms with Gasteiger partial charge in [-0.2, -0.15) is 0 Å². The summed E-state index contributed by atoms with van der Waals surface area (Å²) in [6, 6.07) is 7.50. The van der Waals surface area contributed by atoms with Gasteiger partial charge in [-0.05, 0) is 37.6 Å². The van der Waals surface area contributed by atoms with Gasteiger partial charge >= 0.3 is 0 Å². The van der Waals surface area contributed by atoms with E-state index < -0.39 is 0 Å². The Bertz CT molecular complexity index is 476. The van der Waals surface area contributed by atoms with Crippen molar-refractivity contribution in [2.75, 3.05) is 39.9 Å². The van der Waals surface area contributed by atoms with Gasteiger partial charge in [0, 0.05) is 19.6 Å². The van der Waals surface area contributed by atoms with Crippen LogP contribution in [0.4, 0.5) is 0 Å². The average Bonchev–Trinajstić information content (AvgIpc) is 2.97. The second-order valence-corrected chi connectivity index (χ2v) is 5.15. The van der Waals surface area contributed by atoms with Gasteiger partial charge in [0.1, 0.15) is 18.1 Å². The summed E-state index contributed by atoms with van der Waals surface area (Å²) in [5, 5.41) is 12.9. The standard InChI is InChI=1S/C16H25N3O3/c1-3-17-16(19-10-8-13(20)12-19)18-9-11-22-15-6-4-14(21-2)5-7-15/h4-7,13,20H,3,8-12H2,1-2H3,(H,17,18)/t13-/m1/s1. The number of benzene rings is 1. The number of ether oxygens (including phenoxy) is 2. The van der Waals surface area contributed by atoms with Crippen LogP contribution in [-0.2, 0) is 0 Å². The molecule has 1 aromatic rings. The van der Waals surface area contributed by atoms with Gasteiger partial charge in [-0.15, -0.1) is 0 Å². The quantitative estimate of drug-likeness (QED) is 0.468. The van der Waals surface area contributed by atoms with E-state index in [1.807, 2.05) is 31.2 Å². The van der Waals surface area contributed by atoms with E-state index in [9.17, 15) is 5.11 Å². The van der Waals surface area contributed by atoms with Crippen molar-refractivity contribution in [2.45, 2.75) is 19.4 Å². The van der Waals surface area contributed by atoms with Gasteiger partial charge in [0.05, 0.1) is 19.8 Å². The summed E-state index contributed by atoms with van der Waals surface area (Å²) in [5.41, 5.74) is 0. The van der Waals surface area contributed by atoms with E-state index in [-0.39, 0.29) is 6.10 Å². The van der Waals surface area contributed by atoms with Crippen LogP contribution in [0.25, 0.3) is 0 Å². The Balaban J connectivity index is 1.80. The molecule has 1 saturated heterocycles. The second-order valence-electron chi connectivity index (χ2n) is 5.15. The van der Waals surface area contributed by atoms with Gasteiger partial charge in [-0.1, -0.05) is 0 Å². The minimum absolute atomic E-state index is 0.251. The molecular weight excluding hydrogens is 282 g/mol. The third-order valence-electron chi connectivity index (χ3n) is 3.48. The minimum Gasteiger partial charge on any atom is -0.497 e. The number of rotatable bonds is 6. The Kier molecular flexibility index (Phi) is 6.33. The Morgan fingerprint density at radius 3 is 2.68 bits per heavy atom. The number of hydrogen-bond acceptors (Lipinski definition) is 4. The van der Waals surface area contributed by atoms with Crippen LogP contribution in [-0.4, -0.2) is 62.0 Å². The van der Waals surface area contributed by atoms with Crippen molar-refractivity contribution in [2.24, 2.45) is 4.99 Å². The van der Waals surface area contributed by atoms with Crippen LogP contribution < -0.4 is 14.8 Å². The molecule has 0 aromatic heterocycles. The van der Waals surface area contributed by atoms with E-state index in [1.54, 1.807) is 7.11 Å². The number of aliphatic hydroxyl groups is 1. The Labute approximate surface area is 131 Å². The first-order valence-electron chi connectivity index (χ1n) is 7.71. The molecule has 2 rings (SSSR count). The molecule has 1 aromatic carbocycles. The average molecular weight is 307 g/mol. The van der Waals surface area contributed by atoms with Crippen LogP contribution in [0.3, 0.4) is 0 Å². The number of β-amino-alcohol motifs (C(OH)–C–C–N with tert-alkyl or cyclic N) is 1. The van der Waals surface area contributed by atoms with Crippen LogP contribution >= 0.6 is 0 Å². The predicted octanol–water partition coefficient (Wildman–Crippen LogP) is 1.11. The van der Waals surface area contributed by atoms with Crippen LogP contribution in [0.2, 0.25) is 0 Å². The highest BCUT2D eigenvalue weighted by Gasteiger charge is 2.22. The van der Waals surface area contributed by atoms with E-state index in [0.29, 0.717) is 19.7 Å². The highest BCUT2D eigenvalue weighted by molar-refractivity contribution is 5.80. The van der Waals surface area contributed by atoms with E-state index in [2.05, 4.69) is 15.2 Å². The molecule has 0 saturated carbocycles. The number of hydrogen-bond donors (Lipinski definition) is 2. The summed E-state index contributed by atoms with van der Waals surface area (Å²) < 4.78 is 10.8. The lowest BCUT2D eigenvalue weighted by Gasteiger charge is -2.20. The van der Waals surface area contributed by atoms with Gasteiger partial charge in [0.25, 0.3) is 0 Å². The van der Waals surface area contributed by atoms with Crippen molar-refractivity contribution >= 4 is 5.96 Å². The zero-order chi connectivity index (χ0) is 15.8. The molecule has 0 amide bonds. The van der Waals surface area contributed by atoms with Crippen molar-refractivity contribution < 1.29 is 14.6 Å². The second kappa shape index (κ2) is 8.48. The molecule has 0 aliphatic carbocycles. The molecule has 22 heavy (non-hydrogen) atoms. The minimum atomic E-state index is -0.251. The number of methoxy groups -OCH3 is 1. The highest BCUT2D eigenvalue weighted by Crippen LogP contribution is 2.16. The molecule has 1 aliphatic rings. The van der Waals surface area contributed by atoms with Crippen molar-refractivity contribution in [1.82, 2.24) is 10.2 Å². The summed E-state index contributed by atoms with van der Waals surface area (Å²) >= 11 is 0. The lowest BCUT2D eigenvalue weighted by atomic mass is 10.3. The van der Waals surface area contributed by atoms with Crippen molar-refractivity contribution in [3.8, 4) is 11.5 Å². The smallest absolute Gasteiger partial charge is 0.194 e. The fraction of sp³-hybridized carbons (Fsp3) is 0.562. The predicted molar refractivity (Wildman–Crippen MR) is 86.7 cm³/mol. The lowest BCUT2D eigenvalue weighted by Crippen LogP contribution is -2.40. The van der Waals surface area contributed by atoms with Crippen molar-refractivity contribution in [3.63, 3.8) is 0 Å². The van der Waals surface area contributed by atoms with Gasteiger partial charge < -0.3 is 24.8 Å². The largest absolute Gasteiger partial charge is 0.497 e. The molecule has 1 fully saturated rings. The SMILES string of the molecule is CCNC(=NCCOc1ccc(OC)cc1)N1CC[C@@H](O)C1. The number of nitrogens with one attached hydrogen (secondary N) is 1. The number of likely N-dealkylation sites (tertiary alicyclic amines) is 1. The maximum atomic E-state index is 9.62. The van der Waals surface area contributed by atoms with Crippen LogP contribution in [0.1, 0.15) is 13.3 Å². The Hall–Kier alpha value is -1.95. The first kappa shape index (κ1) is 16.4. The van der Waals surface area contributed by atoms with Gasteiger partial charge in [0.2, 0.25) is 0 Å². The van der Waals surface area contributed by atoms with Crippen LogP contribution in [0.15, 0.2) is 29.3 Å². The van der Waals surface area contributed by atoms with Crippen molar-refractivity contribution in [1.29, 1.82) is 0 Å². The first-order chi connectivity index (χ1) is 10.7. The fourth-order valence-electron chi connectivity index (χ4n) is 2.35. The van der Waals surface area contributed by atoms with Gasteiger partial charge in [-0.25, -0.2) is 4.99 Å². The molecule has 0 bridgehead atoms. The molecule has 1 atom stereocenters. The van der Waals surface area contributed by atoms with E-state index in [4.69, 9.17) is 9.47 Å². The normalized spacial score (nSPS) is 18.4. The maximum Gasteiger partial charge on any atom is 0.194 e. The molecule has 6 heteroatoms. The topological polar surface area (TPSA) is 66.3 Å². The molecule has 122 valence electrons. The Morgan fingerprint density at radius 1 is 1.36 bits per heavy atom. The van der Waals surface area contributed by atoms with E-state index in [0.717, 1.165) is 37.0 Å². The van der Waals surface area contributed by atoms with Gasteiger partial charge in [0.15, 0.2) is 5.96 Å². The third-order valence-corrected chi connectivity index (χ3v) is 3.48. The molecule has 1 heterocycles. The van der Waals surface area contributed by atoms with E-state index in [1.165, 1.54) is 0 Å². The molecule has 0 unspecified atom stereocenters. The van der Waals surface area contributed by atoms with Crippen LogP contribution in [0, 0.1) is 0 Å². The molecular formula is C16H25N3O3. The number of guanidine groups is 1.